The Kier molecular flexibility index (Phi) is 7.83. The second-order valence-corrected chi connectivity index (χ2v) is 9.12. The van der Waals surface area contributed by atoms with Gasteiger partial charge in [0.25, 0.3) is 0 Å². The maximum Gasteiger partial charge on any atom is 0.230 e. The number of allylic oxidation sites excluding steroid dienone is 1. The molecule has 1 aliphatic carbocycles. The van der Waals surface area contributed by atoms with E-state index in [1.54, 1.807) is 7.11 Å². The fourth-order valence-electron chi connectivity index (χ4n) is 3.97. The molecule has 1 aromatic heterocycles. The number of para-hydroxylation sites is 1. The summed E-state index contributed by atoms with van der Waals surface area (Å²) in [7, 11) is 1.65. The molecule has 4 rings (SSSR count). The first-order chi connectivity index (χ1) is 16.2. The lowest BCUT2D eigenvalue weighted by Gasteiger charge is -2.13. The largest absolute Gasteiger partial charge is 0.496 e. The molecule has 0 atom stereocenters. The van der Waals surface area contributed by atoms with Gasteiger partial charge >= 0.3 is 0 Å². The second kappa shape index (κ2) is 11.2. The normalized spacial score (nSPS) is 13.5. The van der Waals surface area contributed by atoms with Gasteiger partial charge in [0.15, 0.2) is 11.0 Å². The van der Waals surface area contributed by atoms with Gasteiger partial charge in [-0.15, -0.1) is 10.2 Å². The molecule has 0 spiro atoms. The van der Waals surface area contributed by atoms with Crippen LogP contribution >= 0.6 is 11.8 Å². The molecule has 0 saturated carbocycles. The average Bonchev–Trinajstić information content (AvgIpc) is 3.27. The van der Waals surface area contributed by atoms with Crippen LogP contribution in [-0.2, 0) is 4.79 Å². The van der Waals surface area contributed by atoms with E-state index in [1.807, 2.05) is 41.0 Å². The molecule has 172 valence electrons. The molecular weight excluding hydrogens is 432 g/mol. The molecule has 1 heterocycles. The van der Waals surface area contributed by atoms with E-state index in [9.17, 15) is 4.79 Å². The molecule has 0 saturated heterocycles. The summed E-state index contributed by atoms with van der Waals surface area (Å²) in [6, 6.07) is 16.0. The zero-order chi connectivity index (χ0) is 23.0. The number of aryl methyl sites for hydroxylation is 1. The number of benzene rings is 2. The van der Waals surface area contributed by atoms with Gasteiger partial charge in [0.2, 0.25) is 5.91 Å². The standard InChI is InChI=1S/C26H30N4O2S/c1-19-12-14-21(15-13-19)30-25(22-10-6-7-11-23(22)32-2)28-29-26(30)33-18-24(31)27-17-16-20-8-4-3-5-9-20/h6-8,10-15H,3-5,9,16-18H2,1-2H3,(H,27,31). The van der Waals surface area contributed by atoms with Crippen molar-refractivity contribution in [3.05, 3.63) is 65.7 Å². The summed E-state index contributed by atoms with van der Waals surface area (Å²) in [4.78, 5) is 12.5. The van der Waals surface area contributed by atoms with E-state index in [1.165, 1.54) is 42.2 Å². The summed E-state index contributed by atoms with van der Waals surface area (Å²) in [5, 5.41) is 12.6. The van der Waals surface area contributed by atoms with E-state index in [4.69, 9.17) is 4.74 Å². The lowest BCUT2D eigenvalue weighted by atomic mass is 9.97. The molecule has 33 heavy (non-hydrogen) atoms. The van der Waals surface area contributed by atoms with E-state index >= 15 is 0 Å². The molecule has 0 bridgehead atoms. The number of hydrogen-bond donors (Lipinski definition) is 1. The van der Waals surface area contributed by atoms with Gasteiger partial charge in [0, 0.05) is 12.2 Å². The van der Waals surface area contributed by atoms with Crippen molar-refractivity contribution >= 4 is 17.7 Å². The Hall–Kier alpha value is -3.06. The monoisotopic (exact) mass is 462 g/mol. The third-order valence-electron chi connectivity index (χ3n) is 5.76. The summed E-state index contributed by atoms with van der Waals surface area (Å²) in [6.07, 6.45) is 8.14. The Bertz CT molecular complexity index is 1120. The highest BCUT2D eigenvalue weighted by atomic mass is 32.2. The zero-order valence-corrected chi connectivity index (χ0v) is 20.0. The van der Waals surface area contributed by atoms with E-state index < -0.39 is 0 Å². The van der Waals surface area contributed by atoms with Crippen LogP contribution in [0.4, 0.5) is 0 Å². The van der Waals surface area contributed by atoms with Gasteiger partial charge in [0.05, 0.1) is 18.4 Å². The van der Waals surface area contributed by atoms with Crippen LogP contribution in [0.1, 0.15) is 37.7 Å². The summed E-state index contributed by atoms with van der Waals surface area (Å²) < 4.78 is 7.54. The number of thioether (sulfide) groups is 1. The highest BCUT2D eigenvalue weighted by molar-refractivity contribution is 7.99. The van der Waals surface area contributed by atoms with E-state index in [2.05, 4.69) is 40.6 Å². The maximum absolute atomic E-state index is 12.5. The van der Waals surface area contributed by atoms with Crippen LogP contribution in [0.25, 0.3) is 17.1 Å². The molecular formula is C26H30N4O2S. The molecule has 7 heteroatoms. The van der Waals surface area contributed by atoms with Crippen molar-refractivity contribution in [1.82, 2.24) is 20.1 Å². The predicted octanol–water partition coefficient (Wildman–Crippen LogP) is 5.35. The van der Waals surface area contributed by atoms with Crippen molar-refractivity contribution in [2.24, 2.45) is 0 Å². The van der Waals surface area contributed by atoms with Gasteiger partial charge in [-0.3, -0.25) is 9.36 Å². The average molecular weight is 463 g/mol. The number of nitrogens with one attached hydrogen (secondary N) is 1. The Labute approximate surface area is 199 Å². The summed E-state index contributed by atoms with van der Waals surface area (Å²) in [5.41, 5.74) is 4.44. The smallest absolute Gasteiger partial charge is 0.230 e. The topological polar surface area (TPSA) is 69.0 Å². The number of hydrogen-bond acceptors (Lipinski definition) is 5. The van der Waals surface area contributed by atoms with Crippen molar-refractivity contribution in [3.63, 3.8) is 0 Å². The SMILES string of the molecule is COc1ccccc1-c1nnc(SCC(=O)NCCC2=CCCCC2)n1-c1ccc(C)cc1. The molecule has 0 aliphatic heterocycles. The van der Waals surface area contributed by atoms with Crippen LogP contribution in [0.2, 0.25) is 0 Å². The fraction of sp³-hybridized carbons (Fsp3) is 0.346. The van der Waals surface area contributed by atoms with Crippen LogP contribution < -0.4 is 10.1 Å². The Morgan fingerprint density at radius 2 is 1.94 bits per heavy atom. The van der Waals surface area contributed by atoms with Crippen LogP contribution in [0.5, 0.6) is 5.75 Å². The number of rotatable bonds is 9. The number of methoxy groups -OCH3 is 1. The van der Waals surface area contributed by atoms with E-state index in [0.717, 1.165) is 29.8 Å². The number of carbonyl (C=O) groups is 1. The number of ether oxygens (including phenoxy) is 1. The molecule has 1 N–H and O–H groups in total. The van der Waals surface area contributed by atoms with E-state index in [0.29, 0.717) is 17.5 Å². The van der Waals surface area contributed by atoms with Gasteiger partial charge in [0.1, 0.15) is 5.75 Å². The molecule has 1 aliphatic rings. The maximum atomic E-state index is 12.5. The van der Waals surface area contributed by atoms with Crippen molar-refractivity contribution in [2.45, 2.75) is 44.2 Å². The van der Waals surface area contributed by atoms with Crippen LogP contribution in [0.3, 0.4) is 0 Å². The van der Waals surface area contributed by atoms with Crippen molar-refractivity contribution in [2.75, 3.05) is 19.4 Å². The highest BCUT2D eigenvalue weighted by Gasteiger charge is 2.19. The molecule has 6 nitrogen and oxygen atoms in total. The molecule has 0 radical (unpaired) electrons. The Balaban J connectivity index is 1.50. The molecule has 3 aromatic rings. The van der Waals surface area contributed by atoms with Gasteiger partial charge in [-0.1, -0.05) is 53.2 Å². The summed E-state index contributed by atoms with van der Waals surface area (Å²) in [5.74, 6) is 1.70. The minimum atomic E-state index is 0.00806. The zero-order valence-electron chi connectivity index (χ0n) is 19.2. The Morgan fingerprint density at radius 1 is 1.12 bits per heavy atom. The molecule has 1 amide bonds. The third kappa shape index (κ3) is 5.85. The number of aromatic nitrogens is 3. The minimum Gasteiger partial charge on any atom is -0.496 e. The van der Waals surface area contributed by atoms with Crippen LogP contribution in [0, 0.1) is 6.92 Å². The first-order valence-corrected chi connectivity index (χ1v) is 12.4. The minimum absolute atomic E-state index is 0.00806. The van der Waals surface area contributed by atoms with Crippen LogP contribution in [0.15, 0.2) is 65.3 Å². The number of amides is 1. The summed E-state index contributed by atoms with van der Waals surface area (Å²) in [6.45, 7) is 2.74. The first-order valence-electron chi connectivity index (χ1n) is 11.4. The third-order valence-corrected chi connectivity index (χ3v) is 6.69. The Morgan fingerprint density at radius 3 is 2.70 bits per heavy atom. The fourth-order valence-corrected chi connectivity index (χ4v) is 4.75. The lowest BCUT2D eigenvalue weighted by Crippen LogP contribution is -2.26. The molecule has 0 unspecified atom stereocenters. The second-order valence-electron chi connectivity index (χ2n) is 8.17. The van der Waals surface area contributed by atoms with E-state index in [-0.39, 0.29) is 11.7 Å². The number of carbonyl (C=O) groups excluding carboxylic acids is 1. The number of nitrogens with zero attached hydrogens (tertiary/aromatic N) is 3. The lowest BCUT2D eigenvalue weighted by molar-refractivity contribution is -0.118. The van der Waals surface area contributed by atoms with Crippen molar-refractivity contribution < 1.29 is 9.53 Å². The molecule has 0 fully saturated rings. The van der Waals surface area contributed by atoms with Crippen molar-refractivity contribution in [3.8, 4) is 22.8 Å². The molecule has 2 aromatic carbocycles. The quantitative estimate of drug-likeness (QED) is 0.343. The van der Waals surface area contributed by atoms with Crippen LogP contribution in [-0.4, -0.2) is 40.1 Å². The first kappa shape index (κ1) is 23.1. The van der Waals surface area contributed by atoms with Gasteiger partial charge < -0.3 is 10.1 Å². The summed E-state index contributed by atoms with van der Waals surface area (Å²) >= 11 is 1.39. The van der Waals surface area contributed by atoms with Gasteiger partial charge in [-0.05, 0) is 63.3 Å². The highest BCUT2D eigenvalue weighted by Crippen LogP contribution is 2.33. The van der Waals surface area contributed by atoms with Gasteiger partial charge in [-0.25, -0.2) is 0 Å². The predicted molar refractivity (Wildman–Crippen MR) is 133 cm³/mol. The van der Waals surface area contributed by atoms with Gasteiger partial charge in [-0.2, -0.15) is 0 Å². The van der Waals surface area contributed by atoms with Crippen molar-refractivity contribution in [1.29, 1.82) is 0 Å².